The molecule has 0 radical (unpaired) electrons. The Morgan fingerprint density at radius 2 is 2.04 bits per heavy atom. The summed E-state index contributed by atoms with van der Waals surface area (Å²) in [6.45, 7) is 2.91. The molecule has 0 bridgehead atoms. The van der Waals surface area contributed by atoms with Gasteiger partial charge in [0.15, 0.2) is 5.76 Å². The Kier molecular flexibility index (Phi) is 4.16. The number of aryl methyl sites for hydroxylation is 2. The molecule has 3 aromatic heterocycles. The molecule has 2 atom stereocenters. The standard InChI is InChI=1S/C18H20N6O2/c1-12-4-5-16(26-12)17(25)24-8-13(14-9-23(2)11-21-14)15(10-24)22-18-19-6-3-7-20-18/h3-7,9,11,13,15H,8,10H2,1-2H3,(H,19,20,22)/t13-,15+/m0/s1. The molecule has 0 aliphatic carbocycles. The second-order valence-corrected chi connectivity index (χ2v) is 6.51. The van der Waals surface area contributed by atoms with Gasteiger partial charge in [-0.1, -0.05) is 0 Å². The van der Waals surface area contributed by atoms with Crippen LogP contribution in [-0.2, 0) is 7.05 Å². The SMILES string of the molecule is Cc1ccc(C(=O)N2C[C@@H](Nc3ncccn3)[C@H](c3cn(C)cn3)C2)o1. The molecule has 1 aliphatic rings. The molecule has 8 heteroatoms. The van der Waals surface area contributed by atoms with E-state index in [2.05, 4.69) is 20.3 Å². The number of rotatable bonds is 4. The van der Waals surface area contributed by atoms with Crippen LogP contribution in [0, 0.1) is 6.92 Å². The summed E-state index contributed by atoms with van der Waals surface area (Å²) >= 11 is 0. The zero-order valence-electron chi connectivity index (χ0n) is 14.7. The molecule has 4 heterocycles. The monoisotopic (exact) mass is 352 g/mol. The number of hydrogen-bond donors (Lipinski definition) is 1. The molecule has 0 unspecified atom stereocenters. The van der Waals surface area contributed by atoms with Gasteiger partial charge in [0.2, 0.25) is 5.95 Å². The van der Waals surface area contributed by atoms with Crippen LogP contribution in [0.5, 0.6) is 0 Å². The third kappa shape index (κ3) is 3.17. The number of furan rings is 1. The molecule has 1 N–H and O–H groups in total. The number of imidazole rings is 1. The van der Waals surface area contributed by atoms with Crippen LogP contribution in [0.2, 0.25) is 0 Å². The molecule has 8 nitrogen and oxygen atoms in total. The summed E-state index contributed by atoms with van der Waals surface area (Å²) in [4.78, 5) is 27.5. The molecule has 0 spiro atoms. The minimum atomic E-state index is -0.114. The second kappa shape index (κ2) is 6.62. The van der Waals surface area contributed by atoms with Crippen molar-refractivity contribution in [1.82, 2.24) is 24.4 Å². The van der Waals surface area contributed by atoms with Gasteiger partial charge < -0.3 is 19.2 Å². The lowest BCUT2D eigenvalue weighted by atomic mass is 10.0. The lowest BCUT2D eigenvalue weighted by Gasteiger charge is -2.17. The number of likely N-dealkylation sites (tertiary alicyclic amines) is 1. The summed E-state index contributed by atoms with van der Waals surface area (Å²) in [5.41, 5.74) is 0.937. The van der Waals surface area contributed by atoms with Crippen LogP contribution in [0.15, 0.2) is 47.5 Å². The summed E-state index contributed by atoms with van der Waals surface area (Å²) in [7, 11) is 1.93. The molecule has 0 aromatic carbocycles. The molecular weight excluding hydrogens is 332 g/mol. The first-order chi connectivity index (χ1) is 12.6. The van der Waals surface area contributed by atoms with Gasteiger partial charge in [0.25, 0.3) is 5.91 Å². The Labute approximate surface area is 150 Å². The van der Waals surface area contributed by atoms with Crippen LogP contribution < -0.4 is 5.32 Å². The third-order valence-corrected chi connectivity index (χ3v) is 4.54. The first-order valence-electron chi connectivity index (χ1n) is 8.47. The van der Waals surface area contributed by atoms with E-state index in [1.165, 1.54) is 0 Å². The predicted octanol–water partition coefficient (Wildman–Crippen LogP) is 1.83. The summed E-state index contributed by atoms with van der Waals surface area (Å²) in [6.07, 6.45) is 7.13. The lowest BCUT2D eigenvalue weighted by Crippen LogP contribution is -2.32. The number of aromatic nitrogens is 4. The van der Waals surface area contributed by atoms with Crippen LogP contribution in [-0.4, -0.2) is 49.5 Å². The molecule has 0 saturated carbocycles. The minimum Gasteiger partial charge on any atom is -0.456 e. The van der Waals surface area contributed by atoms with Crippen molar-refractivity contribution < 1.29 is 9.21 Å². The zero-order chi connectivity index (χ0) is 18.1. The molecule has 1 saturated heterocycles. The molecule has 26 heavy (non-hydrogen) atoms. The van der Waals surface area contributed by atoms with Gasteiger partial charge in [0.05, 0.1) is 18.1 Å². The van der Waals surface area contributed by atoms with Gasteiger partial charge in [0.1, 0.15) is 5.76 Å². The number of hydrogen-bond acceptors (Lipinski definition) is 6. The van der Waals surface area contributed by atoms with Gasteiger partial charge in [0, 0.05) is 44.6 Å². The first-order valence-corrected chi connectivity index (χ1v) is 8.47. The fraction of sp³-hybridized carbons (Fsp3) is 0.333. The van der Waals surface area contributed by atoms with E-state index >= 15 is 0 Å². The van der Waals surface area contributed by atoms with Crippen molar-refractivity contribution >= 4 is 11.9 Å². The maximum Gasteiger partial charge on any atom is 0.289 e. The van der Waals surface area contributed by atoms with E-state index in [9.17, 15) is 4.79 Å². The van der Waals surface area contributed by atoms with Crippen LogP contribution in [0.3, 0.4) is 0 Å². The number of nitrogens with one attached hydrogen (secondary N) is 1. The fourth-order valence-corrected chi connectivity index (χ4v) is 3.28. The normalized spacial score (nSPS) is 19.7. The molecule has 4 rings (SSSR count). The lowest BCUT2D eigenvalue weighted by molar-refractivity contribution is 0.0756. The van der Waals surface area contributed by atoms with Gasteiger partial charge in [-0.15, -0.1) is 0 Å². The van der Waals surface area contributed by atoms with E-state index in [4.69, 9.17) is 4.42 Å². The van der Waals surface area contributed by atoms with Crippen molar-refractivity contribution in [2.24, 2.45) is 7.05 Å². The van der Waals surface area contributed by atoms with Gasteiger partial charge in [-0.2, -0.15) is 0 Å². The van der Waals surface area contributed by atoms with Gasteiger partial charge in [-0.05, 0) is 25.1 Å². The Morgan fingerprint density at radius 1 is 1.23 bits per heavy atom. The van der Waals surface area contributed by atoms with Crippen LogP contribution >= 0.6 is 0 Å². The highest BCUT2D eigenvalue weighted by Crippen LogP contribution is 2.29. The van der Waals surface area contributed by atoms with Crippen molar-refractivity contribution in [3.05, 3.63) is 60.3 Å². The van der Waals surface area contributed by atoms with Crippen molar-refractivity contribution in [2.45, 2.75) is 18.9 Å². The molecule has 134 valence electrons. The van der Waals surface area contributed by atoms with Gasteiger partial charge in [-0.3, -0.25) is 4.79 Å². The van der Waals surface area contributed by atoms with E-state index in [0.29, 0.717) is 24.8 Å². The largest absolute Gasteiger partial charge is 0.456 e. The molecular formula is C18H20N6O2. The minimum absolute atomic E-state index is 0.0349. The van der Waals surface area contributed by atoms with E-state index in [0.717, 1.165) is 11.5 Å². The average Bonchev–Trinajstić information content (AvgIpc) is 3.35. The predicted molar refractivity (Wildman–Crippen MR) is 94.7 cm³/mol. The van der Waals surface area contributed by atoms with Gasteiger partial charge in [-0.25, -0.2) is 15.0 Å². The summed E-state index contributed by atoms with van der Waals surface area (Å²) in [5.74, 6) is 1.55. The summed E-state index contributed by atoms with van der Waals surface area (Å²) in [5, 5.41) is 3.34. The Balaban J connectivity index is 1.58. The molecule has 1 aliphatic heterocycles. The number of anilines is 1. The Morgan fingerprint density at radius 3 is 2.69 bits per heavy atom. The molecule has 1 fully saturated rings. The van der Waals surface area contributed by atoms with Crippen molar-refractivity contribution in [1.29, 1.82) is 0 Å². The third-order valence-electron chi connectivity index (χ3n) is 4.54. The van der Waals surface area contributed by atoms with Crippen molar-refractivity contribution in [3.63, 3.8) is 0 Å². The van der Waals surface area contributed by atoms with E-state index in [-0.39, 0.29) is 17.9 Å². The quantitative estimate of drug-likeness (QED) is 0.771. The van der Waals surface area contributed by atoms with Crippen molar-refractivity contribution in [3.8, 4) is 0 Å². The maximum absolute atomic E-state index is 12.8. The highest BCUT2D eigenvalue weighted by molar-refractivity contribution is 5.92. The number of amides is 1. The fourth-order valence-electron chi connectivity index (χ4n) is 3.28. The van der Waals surface area contributed by atoms with Crippen LogP contribution in [0.4, 0.5) is 5.95 Å². The highest BCUT2D eigenvalue weighted by atomic mass is 16.3. The first kappa shape index (κ1) is 16.3. The van der Waals surface area contributed by atoms with E-state index in [1.807, 2.05) is 24.7 Å². The molecule has 1 amide bonds. The number of carbonyl (C=O) groups is 1. The number of nitrogens with zero attached hydrogens (tertiary/aromatic N) is 5. The van der Waals surface area contributed by atoms with Crippen molar-refractivity contribution in [2.75, 3.05) is 18.4 Å². The van der Waals surface area contributed by atoms with Gasteiger partial charge >= 0.3 is 0 Å². The summed E-state index contributed by atoms with van der Waals surface area (Å²) in [6, 6.07) is 5.25. The molecule has 3 aromatic rings. The summed E-state index contributed by atoms with van der Waals surface area (Å²) < 4.78 is 7.41. The Bertz CT molecular complexity index is 903. The van der Waals surface area contributed by atoms with E-state index in [1.54, 1.807) is 41.8 Å². The number of carbonyl (C=O) groups excluding carboxylic acids is 1. The van der Waals surface area contributed by atoms with Crippen LogP contribution in [0.25, 0.3) is 0 Å². The average molecular weight is 352 g/mol. The van der Waals surface area contributed by atoms with Crippen LogP contribution in [0.1, 0.15) is 27.9 Å². The topological polar surface area (TPSA) is 89.1 Å². The maximum atomic E-state index is 12.8. The zero-order valence-corrected chi connectivity index (χ0v) is 14.7. The highest BCUT2D eigenvalue weighted by Gasteiger charge is 2.38. The van der Waals surface area contributed by atoms with E-state index < -0.39 is 0 Å². The second-order valence-electron chi connectivity index (χ2n) is 6.51. The smallest absolute Gasteiger partial charge is 0.289 e. The Hall–Kier alpha value is -3.16.